The molecule has 0 aliphatic carbocycles. The van der Waals surface area contributed by atoms with Crippen molar-refractivity contribution >= 4 is 17.5 Å². The molecular weight excluding hydrogens is 510 g/mol. The van der Waals surface area contributed by atoms with Crippen molar-refractivity contribution in [3.8, 4) is 17.5 Å². The van der Waals surface area contributed by atoms with Crippen LogP contribution in [-0.2, 0) is 24.5 Å². The lowest BCUT2D eigenvalue weighted by Gasteiger charge is -2.33. The molecule has 4 rings (SSSR count). The highest BCUT2D eigenvalue weighted by molar-refractivity contribution is 7.75. The Balaban J connectivity index is 1.20. The molecule has 0 spiro atoms. The summed E-state index contributed by atoms with van der Waals surface area (Å²) in [6.07, 6.45) is 5.11. The molecule has 38 heavy (non-hydrogen) atoms. The summed E-state index contributed by atoms with van der Waals surface area (Å²) in [5.41, 5.74) is 1.29. The first-order chi connectivity index (χ1) is 18.2. The predicted molar refractivity (Wildman–Crippen MR) is 141 cm³/mol. The van der Waals surface area contributed by atoms with E-state index >= 15 is 0 Å². The van der Waals surface area contributed by atoms with Gasteiger partial charge in [0.2, 0.25) is 11.8 Å². The first-order valence-corrected chi connectivity index (χ1v) is 14.1. The summed E-state index contributed by atoms with van der Waals surface area (Å²) in [6, 6.07) is 7.59. The smallest absolute Gasteiger partial charge is 0.410 e. The van der Waals surface area contributed by atoms with Crippen molar-refractivity contribution in [1.29, 1.82) is 0 Å². The van der Waals surface area contributed by atoms with Crippen LogP contribution in [0.3, 0.4) is 0 Å². The number of carbonyl (C=O) groups is 1. The van der Waals surface area contributed by atoms with Crippen LogP contribution in [0.4, 0.5) is 4.79 Å². The Morgan fingerprint density at radius 1 is 1.08 bits per heavy atom. The van der Waals surface area contributed by atoms with Gasteiger partial charge in [-0.25, -0.2) is 14.8 Å². The molecular formula is C27H37N3O7S. The molecule has 0 unspecified atom stereocenters. The van der Waals surface area contributed by atoms with E-state index in [4.69, 9.17) is 22.6 Å². The van der Waals surface area contributed by atoms with Crippen LogP contribution < -0.4 is 9.47 Å². The highest BCUT2D eigenvalue weighted by atomic mass is 32.2. The summed E-state index contributed by atoms with van der Waals surface area (Å²) in [5, 5.41) is 0. The van der Waals surface area contributed by atoms with E-state index in [1.54, 1.807) is 4.90 Å². The second-order valence-corrected chi connectivity index (χ2v) is 11.5. The van der Waals surface area contributed by atoms with Crippen molar-refractivity contribution in [2.45, 2.75) is 64.9 Å². The maximum Gasteiger partial charge on any atom is 0.410 e. The van der Waals surface area contributed by atoms with Crippen LogP contribution in [0.25, 0.3) is 0 Å². The van der Waals surface area contributed by atoms with Crippen LogP contribution >= 0.6 is 0 Å². The molecule has 1 aromatic heterocycles. The molecule has 10 nitrogen and oxygen atoms in total. The number of hydrogen-bond donors (Lipinski definition) is 0. The minimum absolute atomic E-state index is 0.0278. The van der Waals surface area contributed by atoms with Gasteiger partial charge in [0.15, 0.2) is 0 Å². The largest absolute Gasteiger partial charge is 0.477 e. The lowest BCUT2D eigenvalue weighted by molar-refractivity contribution is 0.0179. The van der Waals surface area contributed by atoms with E-state index < -0.39 is 17.0 Å². The lowest BCUT2D eigenvalue weighted by Crippen LogP contribution is -2.41. The topological polar surface area (TPSA) is 109 Å². The molecule has 0 bridgehead atoms. The van der Waals surface area contributed by atoms with Crippen LogP contribution in [0, 0.1) is 12.8 Å². The Kier molecular flexibility index (Phi) is 9.56. The molecule has 0 radical (unpaired) electrons. The Bertz CT molecular complexity index is 1090. The van der Waals surface area contributed by atoms with E-state index in [9.17, 15) is 9.00 Å². The van der Waals surface area contributed by atoms with E-state index in [0.29, 0.717) is 43.2 Å². The molecule has 2 aliphatic rings. The summed E-state index contributed by atoms with van der Waals surface area (Å²) < 4.78 is 38.8. The van der Waals surface area contributed by atoms with E-state index in [-0.39, 0.29) is 12.0 Å². The monoisotopic (exact) mass is 547 g/mol. The third kappa shape index (κ3) is 8.12. The molecule has 2 aliphatic heterocycles. The molecule has 3 heterocycles. The number of nitrogens with zero attached hydrogens (tertiary/aromatic N) is 3. The molecule has 0 atom stereocenters. The second-order valence-electron chi connectivity index (χ2n) is 10.7. The quantitative estimate of drug-likeness (QED) is 0.417. The second kappa shape index (κ2) is 12.9. The number of aromatic nitrogens is 2. The van der Waals surface area contributed by atoms with E-state index in [1.165, 1.54) is 6.33 Å². The summed E-state index contributed by atoms with van der Waals surface area (Å²) in [5.74, 6) is 2.19. The van der Waals surface area contributed by atoms with Crippen LogP contribution in [0.5, 0.6) is 17.5 Å². The number of benzene rings is 1. The number of likely N-dealkylation sites (tertiary alicyclic amines) is 1. The third-order valence-corrected chi connectivity index (χ3v) is 7.21. The average Bonchev–Trinajstić information content (AvgIpc) is 2.89. The van der Waals surface area contributed by atoms with Gasteiger partial charge >= 0.3 is 17.5 Å². The zero-order valence-electron chi connectivity index (χ0n) is 22.5. The fraction of sp³-hybridized carbons (Fsp3) is 0.593. The van der Waals surface area contributed by atoms with Gasteiger partial charge in [0.05, 0.1) is 25.4 Å². The maximum atomic E-state index is 12.2. The standard InChI is InChI=1S/C27H37N3O7S/c1-19-24(33-15-5-6-20-11-13-30(14-12-20)26(31)37-27(2,3)4)28-18-29-25(19)36-23-9-7-21(8-10-23)22-16-34-38(32)35-17-22/h7-10,18,20,22H,5-6,11-17H2,1-4H3/t22-,38+. The number of rotatable bonds is 8. The number of ether oxygens (including phenoxy) is 3. The molecule has 0 saturated carbocycles. The number of hydrogen-bond acceptors (Lipinski definition) is 9. The molecule has 1 aromatic carbocycles. The molecule has 2 aromatic rings. The molecule has 11 heteroatoms. The van der Waals surface area contributed by atoms with E-state index in [2.05, 4.69) is 9.97 Å². The normalized spacial score (nSPS) is 20.7. The van der Waals surface area contributed by atoms with Gasteiger partial charge in [0.25, 0.3) is 0 Å². The molecule has 208 valence electrons. The van der Waals surface area contributed by atoms with Crippen molar-refractivity contribution in [3.63, 3.8) is 0 Å². The molecule has 0 N–H and O–H groups in total. The van der Waals surface area contributed by atoms with Crippen molar-refractivity contribution in [2.24, 2.45) is 5.92 Å². The zero-order chi connectivity index (χ0) is 27.1. The third-order valence-electron chi connectivity index (χ3n) is 6.55. The predicted octanol–water partition coefficient (Wildman–Crippen LogP) is 5.09. The minimum atomic E-state index is -1.65. The fourth-order valence-electron chi connectivity index (χ4n) is 4.41. The van der Waals surface area contributed by atoms with Gasteiger partial charge in [-0.15, -0.1) is 0 Å². The lowest BCUT2D eigenvalue weighted by atomic mass is 9.92. The van der Waals surface area contributed by atoms with Gasteiger partial charge in [0, 0.05) is 19.0 Å². The van der Waals surface area contributed by atoms with Gasteiger partial charge in [-0.05, 0) is 77.0 Å². The van der Waals surface area contributed by atoms with Crippen LogP contribution in [0.2, 0.25) is 0 Å². The van der Waals surface area contributed by atoms with Gasteiger partial charge < -0.3 is 19.1 Å². The summed E-state index contributed by atoms with van der Waals surface area (Å²) in [7, 11) is 0. The van der Waals surface area contributed by atoms with Crippen molar-refractivity contribution in [1.82, 2.24) is 14.9 Å². The average molecular weight is 548 g/mol. The summed E-state index contributed by atoms with van der Waals surface area (Å²) in [6.45, 7) is 10.3. The number of piperidine rings is 1. The molecule has 2 fully saturated rings. The number of carbonyl (C=O) groups excluding carboxylic acids is 1. The van der Waals surface area contributed by atoms with Gasteiger partial charge in [-0.1, -0.05) is 12.1 Å². The van der Waals surface area contributed by atoms with Crippen molar-refractivity contribution < 1.29 is 31.6 Å². The van der Waals surface area contributed by atoms with Crippen LogP contribution in [-0.4, -0.2) is 63.7 Å². The summed E-state index contributed by atoms with van der Waals surface area (Å²) >= 11 is -1.65. The van der Waals surface area contributed by atoms with Gasteiger partial charge in [0.1, 0.15) is 17.7 Å². The minimum Gasteiger partial charge on any atom is -0.477 e. The fourth-order valence-corrected chi connectivity index (χ4v) is 5.03. The van der Waals surface area contributed by atoms with Crippen LogP contribution in [0.15, 0.2) is 30.6 Å². The highest BCUT2D eigenvalue weighted by Gasteiger charge is 2.27. The van der Waals surface area contributed by atoms with Crippen molar-refractivity contribution in [3.05, 3.63) is 41.7 Å². The Hall–Kier alpha value is -2.76. The summed E-state index contributed by atoms with van der Waals surface area (Å²) in [4.78, 5) is 22.6. The van der Waals surface area contributed by atoms with Crippen LogP contribution in [0.1, 0.15) is 63.5 Å². The Morgan fingerprint density at radius 3 is 2.39 bits per heavy atom. The van der Waals surface area contributed by atoms with E-state index in [1.807, 2.05) is 52.0 Å². The first kappa shape index (κ1) is 28.3. The van der Waals surface area contributed by atoms with Gasteiger partial charge in [-0.3, -0.25) is 8.37 Å². The highest BCUT2D eigenvalue weighted by Crippen LogP contribution is 2.30. The first-order valence-electron chi connectivity index (χ1n) is 13.1. The Labute approximate surface area is 226 Å². The van der Waals surface area contributed by atoms with E-state index in [0.717, 1.165) is 49.9 Å². The van der Waals surface area contributed by atoms with Gasteiger partial charge in [-0.2, -0.15) is 4.21 Å². The number of amides is 1. The molecule has 1 amide bonds. The SMILES string of the molecule is Cc1c(OCCCC2CCN(C(=O)OC(C)(C)C)CC2)ncnc1Oc1ccc([C@H]2CO[S@@](=O)OC2)cc1. The molecule has 2 saturated heterocycles. The Morgan fingerprint density at radius 2 is 1.74 bits per heavy atom. The zero-order valence-corrected chi connectivity index (χ0v) is 23.3. The maximum absolute atomic E-state index is 12.2. The van der Waals surface area contributed by atoms with Crippen molar-refractivity contribution in [2.75, 3.05) is 32.9 Å².